The van der Waals surface area contributed by atoms with Crippen molar-refractivity contribution in [2.75, 3.05) is 0 Å². The van der Waals surface area contributed by atoms with E-state index in [1.54, 1.807) is 0 Å². The van der Waals surface area contributed by atoms with Crippen LogP contribution < -0.4 is 11.1 Å². The molecule has 0 aromatic heterocycles. The molecule has 0 aromatic rings. The fourth-order valence-corrected chi connectivity index (χ4v) is 1.47. The van der Waals surface area contributed by atoms with E-state index >= 15 is 0 Å². The molecule has 3 N–H and O–H groups in total. The van der Waals surface area contributed by atoms with Crippen molar-refractivity contribution in [3.05, 3.63) is 0 Å². The minimum absolute atomic E-state index is 0.0347. The molecule has 0 saturated carbocycles. The summed E-state index contributed by atoms with van der Waals surface area (Å²) in [6.45, 7) is 11.6. The molecule has 0 radical (unpaired) electrons. The Bertz CT molecular complexity index is 222. The minimum atomic E-state index is -0.470. The Hall–Kier alpha value is -0.770. The van der Waals surface area contributed by atoms with E-state index in [1.165, 1.54) is 0 Å². The zero-order valence-corrected chi connectivity index (χ0v) is 11.3. The van der Waals surface area contributed by atoms with Crippen LogP contribution in [0.3, 0.4) is 0 Å². The van der Waals surface area contributed by atoms with Gasteiger partial charge in [-0.2, -0.15) is 0 Å². The molecule has 96 valence electrons. The molecule has 0 aliphatic carbocycles. The second-order valence-corrected chi connectivity index (χ2v) is 5.49. The third-order valence-corrected chi connectivity index (χ3v) is 2.33. The lowest BCUT2D eigenvalue weighted by atomic mass is 9.95. The average Bonchev–Trinajstić information content (AvgIpc) is 2.09. The maximum absolute atomic E-state index is 11.6. The summed E-state index contributed by atoms with van der Waals surface area (Å²) in [5.41, 5.74) is 5.49. The molecule has 0 saturated heterocycles. The van der Waals surface area contributed by atoms with E-state index in [-0.39, 0.29) is 12.1 Å². The van der Waals surface area contributed by atoms with Gasteiger partial charge in [-0.05, 0) is 33.1 Å². The third-order valence-electron chi connectivity index (χ3n) is 2.33. The number of ether oxygens (including phenoxy) is 1. The third kappa shape index (κ3) is 5.95. The van der Waals surface area contributed by atoms with E-state index in [0.717, 1.165) is 6.42 Å². The van der Waals surface area contributed by atoms with Gasteiger partial charge in [0.2, 0.25) is 0 Å². The number of hydrogen-bond acceptors (Lipinski definition) is 3. The van der Waals surface area contributed by atoms with Crippen molar-refractivity contribution in [2.45, 2.75) is 65.6 Å². The van der Waals surface area contributed by atoms with E-state index in [0.29, 0.717) is 5.92 Å². The standard InChI is InChI=1S/C12H26N2O2/c1-7-9(13)10(8(2)3)14-11(15)16-12(4,5)6/h8-10H,7,13H2,1-6H3,(H,14,15)/t9-,10-/m1/s1. The summed E-state index contributed by atoms with van der Waals surface area (Å²) in [5.74, 6) is 0.294. The Labute approximate surface area is 98.9 Å². The highest BCUT2D eigenvalue weighted by Crippen LogP contribution is 2.11. The number of rotatable bonds is 4. The molecule has 2 atom stereocenters. The van der Waals surface area contributed by atoms with E-state index in [4.69, 9.17) is 10.5 Å². The fraction of sp³-hybridized carbons (Fsp3) is 0.917. The molecule has 0 fully saturated rings. The van der Waals surface area contributed by atoms with Crippen LogP contribution in [0.2, 0.25) is 0 Å². The first-order valence-corrected chi connectivity index (χ1v) is 5.92. The molecule has 0 bridgehead atoms. The van der Waals surface area contributed by atoms with Crippen molar-refractivity contribution in [1.82, 2.24) is 5.32 Å². The quantitative estimate of drug-likeness (QED) is 0.778. The van der Waals surface area contributed by atoms with Gasteiger partial charge >= 0.3 is 6.09 Å². The largest absolute Gasteiger partial charge is 0.444 e. The number of nitrogens with two attached hydrogens (primary N) is 1. The van der Waals surface area contributed by atoms with Crippen LogP contribution in [-0.2, 0) is 4.74 Å². The summed E-state index contributed by atoms with van der Waals surface area (Å²) >= 11 is 0. The van der Waals surface area contributed by atoms with Crippen molar-refractivity contribution >= 4 is 6.09 Å². The number of alkyl carbamates (subject to hydrolysis) is 1. The van der Waals surface area contributed by atoms with Gasteiger partial charge in [0, 0.05) is 12.1 Å². The first-order valence-electron chi connectivity index (χ1n) is 5.92. The number of nitrogens with one attached hydrogen (secondary N) is 1. The SMILES string of the molecule is CC[C@@H](N)[C@H](NC(=O)OC(C)(C)C)C(C)C. The van der Waals surface area contributed by atoms with Crippen LogP contribution in [0.15, 0.2) is 0 Å². The highest BCUT2D eigenvalue weighted by molar-refractivity contribution is 5.68. The van der Waals surface area contributed by atoms with Gasteiger partial charge in [-0.3, -0.25) is 0 Å². The van der Waals surface area contributed by atoms with Crippen molar-refractivity contribution in [2.24, 2.45) is 11.7 Å². The first kappa shape index (κ1) is 15.2. The summed E-state index contributed by atoms with van der Waals surface area (Å²) in [5, 5.41) is 2.84. The Balaban J connectivity index is 4.36. The molecular weight excluding hydrogens is 204 g/mol. The molecule has 0 aliphatic rings. The Kier molecular flexibility index (Phi) is 5.79. The van der Waals surface area contributed by atoms with Gasteiger partial charge in [0.15, 0.2) is 0 Å². The number of hydrogen-bond donors (Lipinski definition) is 2. The number of carbonyl (C=O) groups is 1. The monoisotopic (exact) mass is 230 g/mol. The Morgan fingerprint density at radius 1 is 1.38 bits per heavy atom. The lowest BCUT2D eigenvalue weighted by Crippen LogP contribution is -2.51. The number of carbonyl (C=O) groups excluding carboxylic acids is 1. The van der Waals surface area contributed by atoms with E-state index < -0.39 is 11.7 Å². The van der Waals surface area contributed by atoms with Gasteiger partial charge in [-0.1, -0.05) is 20.8 Å². The van der Waals surface area contributed by atoms with Gasteiger partial charge in [0.05, 0.1) is 0 Å². The van der Waals surface area contributed by atoms with Crippen molar-refractivity contribution in [3.63, 3.8) is 0 Å². The molecule has 4 nitrogen and oxygen atoms in total. The predicted molar refractivity (Wildman–Crippen MR) is 66.3 cm³/mol. The summed E-state index contributed by atoms with van der Waals surface area (Å²) < 4.78 is 5.21. The molecule has 0 rings (SSSR count). The summed E-state index contributed by atoms with van der Waals surface area (Å²) in [7, 11) is 0. The van der Waals surface area contributed by atoms with Gasteiger partial charge in [0.25, 0.3) is 0 Å². The van der Waals surface area contributed by atoms with E-state index in [1.807, 2.05) is 41.5 Å². The van der Waals surface area contributed by atoms with Crippen LogP contribution in [0, 0.1) is 5.92 Å². The molecular formula is C12H26N2O2. The van der Waals surface area contributed by atoms with Crippen molar-refractivity contribution in [3.8, 4) is 0 Å². The maximum atomic E-state index is 11.6. The van der Waals surface area contributed by atoms with Crippen LogP contribution in [0.4, 0.5) is 4.79 Å². The van der Waals surface area contributed by atoms with Crippen LogP contribution >= 0.6 is 0 Å². The summed E-state index contributed by atoms with van der Waals surface area (Å²) in [6.07, 6.45) is 0.439. The Morgan fingerprint density at radius 2 is 1.88 bits per heavy atom. The molecule has 0 spiro atoms. The van der Waals surface area contributed by atoms with Crippen LogP contribution in [-0.4, -0.2) is 23.8 Å². The molecule has 16 heavy (non-hydrogen) atoms. The molecule has 0 aliphatic heterocycles. The zero-order chi connectivity index (χ0) is 12.9. The smallest absolute Gasteiger partial charge is 0.407 e. The van der Waals surface area contributed by atoms with Crippen molar-refractivity contribution < 1.29 is 9.53 Å². The molecule has 0 heterocycles. The lowest BCUT2D eigenvalue weighted by molar-refractivity contribution is 0.0480. The van der Waals surface area contributed by atoms with Gasteiger partial charge in [-0.25, -0.2) is 4.79 Å². The summed E-state index contributed by atoms with van der Waals surface area (Å²) in [4.78, 5) is 11.6. The normalized spacial score (nSPS) is 15.8. The minimum Gasteiger partial charge on any atom is -0.444 e. The molecule has 1 amide bonds. The fourth-order valence-electron chi connectivity index (χ4n) is 1.47. The van der Waals surface area contributed by atoms with Crippen molar-refractivity contribution in [1.29, 1.82) is 0 Å². The van der Waals surface area contributed by atoms with Crippen LogP contribution in [0.1, 0.15) is 48.0 Å². The van der Waals surface area contributed by atoms with E-state index in [2.05, 4.69) is 5.32 Å². The first-order chi connectivity index (χ1) is 7.17. The molecule has 0 aromatic carbocycles. The van der Waals surface area contributed by atoms with Gasteiger partial charge in [0.1, 0.15) is 5.60 Å². The van der Waals surface area contributed by atoms with Crippen LogP contribution in [0.5, 0.6) is 0 Å². The topological polar surface area (TPSA) is 64.3 Å². The predicted octanol–water partition coefficient (Wildman–Crippen LogP) is 2.27. The van der Waals surface area contributed by atoms with E-state index in [9.17, 15) is 4.79 Å². The number of amides is 1. The highest BCUT2D eigenvalue weighted by atomic mass is 16.6. The van der Waals surface area contributed by atoms with Gasteiger partial charge < -0.3 is 15.8 Å². The second kappa shape index (κ2) is 6.09. The highest BCUT2D eigenvalue weighted by Gasteiger charge is 2.24. The molecule has 4 heteroatoms. The second-order valence-electron chi connectivity index (χ2n) is 5.49. The zero-order valence-electron chi connectivity index (χ0n) is 11.3. The summed E-state index contributed by atoms with van der Waals surface area (Å²) in [6, 6.07) is -0.0765. The molecule has 0 unspecified atom stereocenters. The Morgan fingerprint density at radius 3 is 2.19 bits per heavy atom. The lowest BCUT2D eigenvalue weighted by Gasteiger charge is -2.29. The average molecular weight is 230 g/mol. The van der Waals surface area contributed by atoms with Gasteiger partial charge in [-0.15, -0.1) is 0 Å². The van der Waals surface area contributed by atoms with Crippen LogP contribution in [0.25, 0.3) is 0 Å². The maximum Gasteiger partial charge on any atom is 0.407 e.